The van der Waals surface area contributed by atoms with Gasteiger partial charge in [0.05, 0.1) is 7.11 Å². The molecule has 1 heterocycles. The average Bonchev–Trinajstić information content (AvgIpc) is 2.38. The van der Waals surface area contributed by atoms with Gasteiger partial charge in [0.25, 0.3) is 0 Å². The van der Waals surface area contributed by atoms with Gasteiger partial charge in [-0.1, -0.05) is 13.3 Å². The number of nitrogens with one attached hydrogen (secondary N) is 1. The van der Waals surface area contributed by atoms with Crippen LogP contribution in [0.25, 0.3) is 0 Å². The summed E-state index contributed by atoms with van der Waals surface area (Å²) in [6.45, 7) is 3.37. The van der Waals surface area contributed by atoms with Gasteiger partial charge < -0.3 is 4.74 Å². The Morgan fingerprint density at radius 1 is 1.53 bits per heavy atom. The highest BCUT2D eigenvalue weighted by Crippen LogP contribution is 2.18. The number of rotatable bonds is 6. The molecule has 0 aliphatic rings. The minimum atomic E-state index is -3.81. The summed E-state index contributed by atoms with van der Waals surface area (Å²) >= 11 is 0. The molecule has 7 heteroatoms. The van der Waals surface area contributed by atoms with Crippen LogP contribution in [0.5, 0.6) is 0 Å². The third kappa shape index (κ3) is 3.74. The van der Waals surface area contributed by atoms with Gasteiger partial charge in [-0.3, -0.25) is 9.78 Å². The Labute approximate surface area is 113 Å². The first kappa shape index (κ1) is 15.6. The fraction of sp³-hybridized carbons (Fsp3) is 0.500. The number of ether oxygens (including phenoxy) is 1. The number of esters is 1. The fourth-order valence-corrected chi connectivity index (χ4v) is 3.14. The third-order valence-corrected chi connectivity index (χ3v) is 4.27. The first-order valence-corrected chi connectivity index (χ1v) is 7.36. The number of aromatic nitrogens is 1. The molecular weight excluding hydrogens is 268 g/mol. The molecule has 0 aliphatic carbocycles. The van der Waals surface area contributed by atoms with Crippen molar-refractivity contribution in [3.05, 3.63) is 24.5 Å². The summed E-state index contributed by atoms with van der Waals surface area (Å²) in [5.41, 5.74) is -1.28. The van der Waals surface area contributed by atoms with E-state index in [2.05, 4.69) is 14.4 Å². The predicted octanol–water partition coefficient (Wildman–Crippen LogP) is 1.09. The molecule has 19 heavy (non-hydrogen) atoms. The monoisotopic (exact) mass is 286 g/mol. The van der Waals surface area contributed by atoms with E-state index in [-0.39, 0.29) is 4.90 Å². The lowest BCUT2D eigenvalue weighted by molar-refractivity contribution is -0.147. The number of hydrogen-bond donors (Lipinski definition) is 1. The van der Waals surface area contributed by atoms with Crippen molar-refractivity contribution in [2.45, 2.75) is 37.1 Å². The molecule has 0 saturated heterocycles. The van der Waals surface area contributed by atoms with Crippen LogP contribution < -0.4 is 4.72 Å². The normalized spacial score (nSPS) is 14.7. The van der Waals surface area contributed by atoms with Crippen LogP contribution in [0.1, 0.15) is 26.7 Å². The molecule has 0 saturated carbocycles. The second kappa shape index (κ2) is 6.12. The molecule has 106 valence electrons. The minimum absolute atomic E-state index is 0.0150. The predicted molar refractivity (Wildman–Crippen MR) is 69.9 cm³/mol. The van der Waals surface area contributed by atoms with E-state index >= 15 is 0 Å². The van der Waals surface area contributed by atoms with E-state index in [1.54, 1.807) is 0 Å². The number of methoxy groups -OCH3 is 1. The van der Waals surface area contributed by atoms with E-state index in [9.17, 15) is 13.2 Å². The third-order valence-electron chi connectivity index (χ3n) is 2.69. The van der Waals surface area contributed by atoms with Crippen molar-refractivity contribution in [3.8, 4) is 0 Å². The van der Waals surface area contributed by atoms with E-state index in [1.807, 2.05) is 6.92 Å². The van der Waals surface area contributed by atoms with E-state index in [0.29, 0.717) is 12.8 Å². The van der Waals surface area contributed by atoms with Gasteiger partial charge >= 0.3 is 5.97 Å². The van der Waals surface area contributed by atoms with Crippen molar-refractivity contribution in [2.24, 2.45) is 0 Å². The highest BCUT2D eigenvalue weighted by Gasteiger charge is 2.38. The van der Waals surface area contributed by atoms with Gasteiger partial charge in [0.15, 0.2) is 0 Å². The van der Waals surface area contributed by atoms with Crippen molar-refractivity contribution in [3.63, 3.8) is 0 Å². The van der Waals surface area contributed by atoms with Gasteiger partial charge in [-0.25, -0.2) is 8.42 Å². The molecule has 0 radical (unpaired) electrons. The standard InChI is InChI=1S/C12H18N2O4S/c1-4-7-12(2,11(15)18-3)14-19(16,17)10-6-5-8-13-9-10/h5-6,8-9,14H,4,7H2,1-3H3. The Morgan fingerprint density at radius 3 is 2.68 bits per heavy atom. The second-order valence-corrected chi connectivity index (χ2v) is 6.05. The van der Waals surface area contributed by atoms with Gasteiger partial charge in [0.2, 0.25) is 10.0 Å². The number of hydrogen-bond acceptors (Lipinski definition) is 5. The summed E-state index contributed by atoms with van der Waals surface area (Å²) in [5, 5.41) is 0. The van der Waals surface area contributed by atoms with Crippen LogP contribution in [0.15, 0.2) is 29.4 Å². The zero-order chi connectivity index (χ0) is 14.5. The molecule has 0 bridgehead atoms. The Morgan fingerprint density at radius 2 is 2.21 bits per heavy atom. The zero-order valence-electron chi connectivity index (χ0n) is 11.2. The number of pyridine rings is 1. The van der Waals surface area contributed by atoms with Crippen LogP contribution in [-0.4, -0.2) is 32.0 Å². The van der Waals surface area contributed by atoms with Crippen LogP contribution >= 0.6 is 0 Å². The Balaban J connectivity index is 3.06. The van der Waals surface area contributed by atoms with Gasteiger partial charge in [-0.15, -0.1) is 0 Å². The molecule has 1 N–H and O–H groups in total. The van der Waals surface area contributed by atoms with Crippen molar-refractivity contribution in [2.75, 3.05) is 7.11 Å². The molecule has 0 amide bonds. The molecule has 0 spiro atoms. The first-order chi connectivity index (χ1) is 8.85. The molecular formula is C12H18N2O4S. The van der Waals surface area contributed by atoms with Crippen molar-refractivity contribution < 1.29 is 17.9 Å². The fourth-order valence-electron chi connectivity index (χ4n) is 1.78. The van der Waals surface area contributed by atoms with Gasteiger partial charge in [-0.05, 0) is 25.5 Å². The summed E-state index contributed by atoms with van der Waals surface area (Å²) in [5.74, 6) is -0.609. The Hall–Kier alpha value is -1.47. The molecule has 1 rings (SSSR count). The smallest absolute Gasteiger partial charge is 0.326 e. The molecule has 0 aromatic carbocycles. The van der Waals surface area contributed by atoms with Crippen molar-refractivity contribution in [1.82, 2.24) is 9.71 Å². The van der Waals surface area contributed by atoms with Gasteiger partial charge in [0, 0.05) is 12.4 Å². The summed E-state index contributed by atoms with van der Waals surface area (Å²) in [4.78, 5) is 15.5. The molecule has 1 atom stereocenters. The Bertz CT molecular complexity index is 530. The van der Waals surface area contributed by atoms with Gasteiger partial charge in [0.1, 0.15) is 10.4 Å². The maximum atomic E-state index is 12.2. The molecule has 6 nitrogen and oxygen atoms in total. The zero-order valence-corrected chi connectivity index (χ0v) is 12.0. The molecule has 1 aromatic heterocycles. The maximum Gasteiger partial charge on any atom is 0.326 e. The summed E-state index contributed by atoms with van der Waals surface area (Å²) in [6, 6.07) is 2.93. The lowest BCUT2D eigenvalue weighted by atomic mass is 9.98. The van der Waals surface area contributed by atoms with Crippen LogP contribution in [0, 0.1) is 0 Å². The maximum absolute atomic E-state index is 12.2. The highest BCUT2D eigenvalue weighted by molar-refractivity contribution is 7.89. The van der Waals surface area contributed by atoms with E-state index < -0.39 is 21.5 Å². The van der Waals surface area contributed by atoms with E-state index in [1.165, 1.54) is 38.6 Å². The first-order valence-electron chi connectivity index (χ1n) is 5.88. The van der Waals surface area contributed by atoms with Crippen LogP contribution in [0.3, 0.4) is 0 Å². The number of carbonyl (C=O) groups is 1. The molecule has 1 unspecified atom stereocenters. The van der Waals surface area contributed by atoms with Crippen LogP contribution in [-0.2, 0) is 19.6 Å². The minimum Gasteiger partial charge on any atom is -0.468 e. The molecule has 0 aliphatic heterocycles. The second-order valence-electron chi connectivity index (χ2n) is 4.37. The lowest BCUT2D eigenvalue weighted by Crippen LogP contribution is -2.52. The van der Waals surface area contributed by atoms with E-state index in [0.717, 1.165) is 0 Å². The SMILES string of the molecule is CCCC(C)(NS(=O)(=O)c1cccnc1)C(=O)OC. The topological polar surface area (TPSA) is 85.4 Å². The van der Waals surface area contributed by atoms with E-state index in [4.69, 9.17) is 0 Å². The quantitative estimate of drug-likeness (QED) is 0.791. The van der Waals surface area contributed by atoms with Gasteiger partial charge in [-0.2, -0.15) is 4.72 Å². The number of carbonyl (C=O) groups excluding carboxylic acids is 1. The number of sulfonamides is 1. The summed E-state index contributed by atoms with van der Waals surface area (Å²) in [6.07, 6.45) is 3.69. The average molecular weight is 286 g/mol. The van der Waals surface area contributed by atoms with Crippen LogP contribution in [0.4, 0.5) is 0 Å². The van der Waals surface area contributed by atoms with Crippen molar-refractivity contribution >= 4 is 16.0 Å². The Kier molecular flexibility index (Phi) is 5.02. The largest absolute Gasteiger partial charge is 0.468 e. The van der Waals surface area contributed by atoms with Crippen molar-refractivity contribution in [1.29, 1.82) is 0 Å². The molecule has 1 aromatic rings. The summed E-state index contributed by atoms with van der Waals surface area (Å²) < 4.78 is 31.4. The van der Waals surface area contributed by atoms with Crippen LogP contribution in [0.2, 0.25) is 0 Å². The molecule has 0 fully saturated rings. The number of nitrogens with zero attached hydrogens (tertiary/aromatic N) is 1. The lowest BCUT2D eigenvalue weighted by Gasteiger charge is -2.27. The summed E-state index contributed by atoms with van der Waals surface area (Å²) in [7, 11) is -2.58. The highest BCUT2D eigenvalue weighted by atomic mass is 32.2.